The first kappa shape index (κ1) is 8.44. The Morgan fingerprint density at radius 1 is 1.50 bits per heavy atom. The van der Waals surface area contributed by atoms with Crippen LogP contribution in [0.2, 0.25) is 0 Å². The molecule has 0 saturated heterocycles. The minimum absolute atomic E-state index is 0.320. The van der Waals surface area contributed by atoms with Crippen LogP contribution in [0.5, 0.6) is 0 Å². The third kappa shape index (κ3) is 1.35. The standard InChI is InChI=1S/C8H6N4O2/c1-5-6(3-9)7(12-13-5)2-8-10-4-11-14-8/h4H,2H2,1H3. The van der Waals surface area contributed by atoms with E-state index in [1.54, 1.807) is 6.92 Å². The Morgan fingerprint density at radius 3 is 3.00 bits per heavy atom. The summed E-state index contributed by atoms with van der Waals surface area (Å²) in [7, 11) is 0. The number of rotatable bonds is 2. The predicted molar refractivity (Wildman–Crippen MR) is 43.1 cm³/mol. The van der Waals surface area contributed by atoms with Crippen molar-refractivity contribution >= 4 is 0 Å². The molecule has 6 nitrogen and oxygen atoms in total. The van der Waals surface area contributed by atoms with E-state index in [4.69, 9.17) is 14.3 Å². The van der Waals surface area contributed by atoms with Crippen LogP contribution in [0.4, 0.5) is 0 Å². The number of aromatic nitrogens is 3. The van der Waals surface area contributed by atoms with Crippen LogP contribution in [-0.2, 0) is 6.42 Å². The van der Waals surface area contributed by atoms with Gasteiger partial charge in [0, 0.05) is 0 Å². The zero-order chi connectivity index (χ0) is 9.97. The van der Waals surface area contributed by atoms with Crippen molar-refractivity contribution in [2.24, 2.45) is 0 Å². The highest BCUT2D eigenvalue weighted by molar-refractivity contribution is 5.36. The van der Waals surface area contributed by atoms with Crippen molar-refractivity contribution in [1.82, 2.24) is 15.3 Å². The lowest BCUT2D eigenvalue weighted by molar-refractivity contribution is 0.371. The maximum atomic E-state index is 8.80. The van der Waals surface area contributed by atoms with Gasteiger partial charge in [-0.2, -0.15) is 10.2 Å². The number of aryl methyl sites for hydroxylation is 1. The lowest BCUT2D eigenvalue weighted by Gasteiger charge is -1.88. The molecular formula is C8H6N4O2. The van der Waals surface area contributed by atoms with Crippen molar-refractivity contribution in [2.45, 2.75) is 13.3 Å². The lowest BCUT2D eigenvalue weighted by Crippen LogP contribution is -1.91. The normalized spacial score (nSPS) is 10.0. The van der Waals surface area contributed by atoms with E-state index in [1.165, 1.54) is 6.33 Å². The van der Waals surface area contributed by atoms with Gasteiger partial charge in [0.1, 0.15) is 17.3 Å². The molecule has 0 aliphatic rings. The van der Waals surface area contributed by atoms with Crippen LogP contribution in [0.25, 0.3) is 0 Å². The molecule has 0 saturated carbocycles. The fourth-order valence-corrected chi connectivity index (χ4v) is 1.10. The molecule has 0 aromatic carbocycles. The first-order valence-electron chi connectivity index (χ1n) is 3.92. The highest BCUT2D eigenvalue weighted by atomic mass is 16.5. The van der Waals surface area contributed by atoms with Crippen LogP contribution in [0.3, 0.4) is 0 Å². The Hall–Kier alpha value is -2.16. The molecule has 14 heavy (non-hydrogen) atoms. The van der Waals surface area contributed by atoms with Gasteiger partial charge in [-0.15, -0.1) is 0 Å². The van der Waals surface area contributed by atoms with Crippen molar-refractivity contribution in [1.29, 1.82) is 5.26 Å². The molecule has 0 fully saturated rings. The van der Waals surface area contributed by atoms with Gasteiger partial charge in [-0.05, 0) is 6.92 Å². The van der Waals surface area contributed by atoms with Gasteiger partial charge >= 0.3 is 0 Å². The van der Waals surface area contributed by atoms with Gasteiger partial charge in [0.05, 0.1) is 6.42 Å². The second kappa shape index (κ2) is 3.30. The molecule has 2 aromatic rings. The first-order chi connectivity index (χ1) is 6.81. The largest absolute Gasteiger partial charge is 0.360 e. The van der Waals surface area contributed by atoms with E-state index in [9.17, 15) is 0 Å². The topological polar surface area (TPSA) is 88.7 Å². The van der Waals surface area contributed by atoms with Crippen molar-refractivity contribution in [3.05, 3.63) is 29.2 Å². The molecule has 0 amide bonds. The molecule has 70 valence electrons. The van der Waals surface area contributed by atoms with E-state index in [-0.39, 0.29) is 0 Å². The summed E-state index contributed by atoms with van der Waals surface area (Å²) in [6, 6.07) is 2.01. The lowest BCUT2D eigenvalue weighted by atomic mass is 10.2. The summed E-state index contributed by atoms with van der Waals surface area (Å²) in [5, 5.41) is 16.0. The van der Waals surface area contributed by atoms with Gasteiger partial charge in [0.2, 0.25) is 5.89 Å². The Kier molecular flexibility index (Phi) is 1.99. The van der Waals surface area contributed by atoms with Gasteiger partial charge in [0.25, 0.3) is 0 Å². The van der Waals surface area contributed by atoms with E-state index < -0.39 is 0 Å². The summed E-state index contributed by atoms with van der Waals surface area (Å²) in [6.07, 6.45) is 1.62. The summed E-state index contributed by atoms with van der Waals surface area (Å²) in [4.78, 5) is 3.83. The Morgan fingerprint density at radius 2 is 2.36 bits per heavy atom. The Labute approximate surface area is 79.1 Å². The third-order valence-corrected chi connectivity index (χ3v) is 1.77. The Balaban J connectivity index is 2.30. The van der Waals surface area contributed by atoms with Gasteiger partial charge in [-0.1, -0.05) is 10.3 Å². The van der Waals surface area contributed by atoms with Gasteiger partial charge in [0.15, 0.2) is 12.1 Å². The second-order valence-corrected chi connectivity index (χ2v) is 2.68. The summed E-state index contributed by atoms with van der Waals surface area (Å²) < 4.78 is 9.67. The summed E-state index contributed by atoms with van der Waals surface area (Å²) in [5.74, 6) is 0.914. The van der Waals surface area contributed by atoms with Gasteiger partial charge < -0.3 is 9.05 Å². The van der Waals surface area contributed by atoms with E-state index in [2.05, 4.69) is 15.3 Å². The monoisotopic (exact) mass is 190 g/mol. The van der Waals surface area contributed by atoms with E-state index in [0.29, 0.717) is 29.3 Å². The van der Waals surface area contributed by atoms with Crippen molar-refractivity contribution < 1.29 is 9.05 Å². The molecule has 0 spiro atoms. The van der Waals surface area contributed by atoms with Gasteiger partial charge in [-0.3, -0.25) is 0 Å². The first-order valence-corrected chi connectivity index (χ1v) is 3.92. The zero-order valence-electron chi connectivity index (χ0n) is 7.39. The predicted octanol–water partition coefficient (Wildman–Crippen LogP) is 0.829. The molecule has 0 radical (unpaired) electrons. The molecule has 2 rings (SSSR count). The highest BCUT2D eigenvalue weighted by Gasteiger charge is 2.14. The van der Waals surface area contributed by atoms with Gasteiger partial charge in [-0.25, -0.2) is 0 Å². The third-order valence-electron chi connectivity index (χ3n) is 1.77. The average molecular weight is 190 g/mol. The summed E-state index contributed by atoms with van der Waals surface area (Å²) in [6.45, 7) is 1.68. The molecule has 6 heteroatoms. The van der Waals surface area contributed by atoms with Crippen LogP contribution < -0.4 is 0 Å². The fourth-order valence-electron chi connectivity index (χ4n) is 1.10. The summed E-state index contributed by atoms with van der Waals surface area (Å²) >= 11 is 0. The molecule has 2 aromatic heterocycles. The van der Waals surface area contributed by atoms with Crippen LogP contribution in [0, 0.1) is 18.3 Å². The molecule has 0 aliphatic carbocycles. The van der Waals surface area contributed by atoms with Crippen molar-refractivity contribution in [3.63, 3.8) is 0 Å². The smallest absolute Gasteiger partial charge is 0.232 e. The molecule has 0 aliphatic heterocycles. The summed E-state index contributed by atoms with van der Waals surface area (Å²) in [5.41, 5.74) is 0.956. The quantitative estimate of drug-likeness (QED) is 0.696. The number of hydrogen-bond donors (Lipinski definition) is 0. The van der Waals surface area contributed by atoms with Crippen LogP contribution in [-0.4, -0.2) is 15.3 Å². The Bertz CT molecular complexity index is 466. The highest BCUT2D eigenvalue weighted by Crippen LogP contribution is 2.14. The van der Waals surface area contributed by atoms with Crippen LogP contribution >= 0.6 is 0 Å². The second-order valence-electron chi connectivity index (χ2n) is 2.68. The zero-order valence-corrected chi connectivity index (χ0v) is 7.39. The molecular weight excluding hydrogens is 184 g/mol. The molecule has 2 heterocycles. The fraction of sp³-hybridized carbons (Fsp3) is 0.250. The maximum Gasteiger partial charge on any atom is 0.232 e. The number of nitriles is 1. The minimum Gasteiger partial charge on any atom is -0.360 e. The van der Waals surface area contributed by atoms with E-state index >= 15 is 0 Å². The molecule has 0 atom stereocenters. The van der Waals surface area contributed by atoms with Crippen LogP contribution in [0.15, 0.2) is 15.4 Å². The number of nitrogens with zero attached hydrogens (tertiary/aromatic N) is 4. The molecule has 0 unspecified atom stereocenters. The SMILES string of the molecule is Cc1onc(Cc2ncno2)c1C#N. The van der Waals surface area contributed by atoms with Crippen molar-refractivity contribution in [3.8, 4) is 6.07 Å². The number of hydrogen-bond acceptors (Lipinski definition) is 6. The molecule has 0 bridgehead atoms. The molecule has 0 N–H and O–H groups in total. The average Bonchev–Trinajstić information content (AvgIpc) is 2.77. The minimum atomic E-state index is 0.320. The van der Waals surface area contributed by atoms with E-state index in [0.717, 1.165) is 0 Å². The van der Waals surface area contributed by atoms with Crippen LogP contribution in [0.1, 0.15) is 22.9 Å². The van der Waals surface area contributed by atoms with Crippen molar-refractivity contribution in [2.75, 3.05) is 0 Å². The van der Waals surface area contributed by atoms with E-state index in [1.807, 2.05) is 6.07 Å². The maximum absolute atomic E-state index is 8.80.